The Labute approximate surface area is 156 Å². The second-order valence-corrected chi connectivity index (χ2v) is 7.06. The molecule has 1 aromatic heterocycles. The Balaban J connectivity index is 1.58. The molecular weight excluding hydrogens is 346 g/mol. The number of carbonyl (C=O) groups is 1. The van der Waals surface area contributed by atoms with Crippen LogP contribution in [0.1, 0.15) is 18.2 Å². The second kappa shape index (κ2) is 7.25. The van der Waals surface area contributed by atoms with E-state index < -0.39 is 6.10 Å². The van der Waals surface area contributed by atoms with Crippen molar-refractivity contribution in [3.63, 3.8) is 0 Å². The summed E-state index contributed by atoms with van der Waals surface area (Å²) in [5.74, 6) is 2.95. The van der Waals surface area contributed by atoms with Crippen molar-refractivity contribution >= 4 is 23.5 Å². The third-order valence-electron chi connectivity index (χ3n) is 4.22. The second-order valence-electron chi connectivity index (χ2n) is 6.08. The van der Waals surface area contributed by atoms with Crippen LogP contribution >= 0.6 is 11.8 Å². The number of para-hydroxylation sites is 2. The van der Waals surface area contributed by atoms with Crippen LogP contribution < -0.4 is 10.1 Å². The number of anilines is 1. The molecule has 0 bridgehead atoms. The molecule has 1 atom stereocenters. The number of nitrogens with zero attached hydrogens (tertiary/aromatic N) is 2. The normalized spacial score (nSPS) is 13.9. The third-order valence-corrected chi connectivity index (χ3v) is 5.19. The lowest BCUT2D eigenvalue weighted by Crippen LogP contribution is -2.31. The number of fused-ring (bicyclic) bond motifs is 1. The summed E-state index contributed by atoms with van der Waals surface area (Å²) in [7, 11) is 0. The van der Waals surface area contributed by atoms with Gasteiger partial charge in [0.25, 0.3) is 5.91 Å². The van der Waals surface area contributed by atoms with E-state index in [9.17, 15) is 4.79 Å². The number of carbonyl (C=O) groups excluding carboxylic acids is 1. The summed E-state index contributed by atoms with van der Waals surface area (Å²) in [5.41, 5.74) is 3.06. The molecule has 4 rings (SSSR count). The predicted molar refractivity (Wildman–Crippen MR) is 104 cm³/mol. The van der Waals surface area contributed by atoms with Crippen LogP contribution in [0.5, 0.6) is 5.75 Å². The molecular formula is C20H19N3O2S. The van der Waals surface area contributed by atoms with Crippen molar-refractivity contribution < 1.29 is 9.53 Å². The van der Waals surface area contributed by atoms with Crippen LogP contribution in [0.25, 0.3) is 5.69 Å². The summed E-state index contributed by atoms with van der Waals surface area (Å²) in [4.78, 5) is 12.7. The van der Waals surface area contributed by atoms with Crippen LogP contribution in [0.2, 0.25) is 0 Å². The standard InChI is InChI=1S/C20H19N3O2S/c1-14(25-16-10-6-3-7-11-16)20(24)21-19-17-12-26-13-18(17)22-23(19)15-8-4-2-5-9-15/h2-11,14H,12-13H2,1H3,(H,21,24). The number of benzene rings is 2. The van der Waals surface area contributed by atoms with Crippen LogP contribution in [-0.2, 0) is 16.3 Å². The first-order valence-corrected chi connectivity index (χ1v) is 9.64. The van der Waals surface area contributed by atoms with Gasteiger partial charge in [-0.2, -0.15) is 16.9 Å². The van der Waals surface area contributed by atoms with Gasteiger partial charge < -0.3 is 10.1 Å². The van der Waals surface area contributed by atoms with E-state index in [-0.39, 0.29) is 5.91 Å². The van der Waals surface area contributed by atoms with Gasteiger partial charge in [0.05, 0.1) is 11.4 Å². The molecule has 5 nitrogen and oxygen atoms in total. The number of hydrogen-bond acceptors (Lipinski definition) is 4. The molecule has 26 heavy (non-hydrogen) atoms. The van der Waals surface area contributed by atoms with Gasteiger partial charge in [0.1, 0.15) is 11.6 Å². The predicted octanol–water partition coefficient (Wildman–Crippen LogP) is 4.03. The molecule has 1 aliphatic heterocycles. The minimum absolute atomic E-state index is 0.189. The number of hydrogen-bond donors (Lipinski definition) is 1. The van der Waals surface area contributed by atoms with Gasteiger partial charge in [-0.15, -0.1) is 0 Å². The summed E-state index contributed by atoms with van der Waals surface area (Å²) >= 11 is 1.81. The lowest BCUT2D eigenvalue weighted by atomic mass is 10.2. The summed E-state index contributed by atoms with van der Waals surface area (Å²) < 4.78 is 7.56. The van der Waals surface area contributed by atoms with Gasteiger partial charge in [-0.05, 0) is 31.2 Å². The summed E-state index contributed by atoms with van der Waals surface area (Å²) in [6, 6.07) is 19.2. The number of nitrogens with one attached hydrogen (secondary N) is 1. The van der Waals surface area contributed by atoms with Crippen molar-refractivity contribution in [2.75, 3.05) is 5.32 Å². The highest BCUT2D eigenvalue weighted by atomic mass is 32.2. The summed E-state index contributed by atoms with van der Waals surface area (Å²) in [5, 5.41) is 7.73. The van der Waals surface area contributed by atoms with Gasteiger partial charge in [0, 0.05) is 17.1 Å². The molecule has 2 heterocycles. The number of thioether (sulfide) groups is 1. The zero-order valence-electron chi connectivity index (χ0n) is 14.4. The average molecular weight is 365 g/mol. The minimum atomic E-state index is -0.610. The highest BCUT2D eigenvalue weighted by Crippen LogP contribution is 2.36. The van der Waals surface area contributed by atoms with Crippen molar-refractivity contribution in [3.8, 4) is 11.4 Å². The summed E-state index contributed by atoms with van der Waals surface area (Å²) in [6.07, 6.45) is -0.610. The number of amides is 1. The van der Waals surface area contributed by atoms with Crippen LogP contribution in [-0.4, -0.2) is 21.8 Å². The van der Waals surface area contributed by atoms with Gasteiger partial charge in [-0.3, -0.25) is 4.79 Å². The van der Waals surface area contributed by atoms with E-state index in [1.54, 1.807) is 6.92 Å². The van der Waals surface area contributed by atoms with Crippen molar-refractivity contribution in [3.05, 3.63) is 71.9 Å². The number of aromatic nitrogens is 2. The fourth-order valence-corrected chi connectivity index (χ4v) is 3.91. The lowest BCUT2D eigenvalue weighted by molar-refractivity contribution is -0.122. The Morgan fingerprint density at radius 1 is 1.12 bits per heavy atom. The highest BCUT2D eigenvalue weighted by molar-refractivity contribution is 7.98. The quantitative estimate of drug-likeness (QED) is 0.742. The van der Waals surface area contributed by atoms with Gasteiger partial charge in [-0.25, -0.2) is 4.68 Å². The van der Waals surface area contributed by atoms with Crippen molar-refractivity contribution in [1.29, 1.82) is 0 Å². The molecule has 0 radical (unpaired) electrons. The first-order valence-electron chi connectivity index (χ1n) is 8.49. The molecule has 0 saturated carbocycles. The molecule has 132 valence electrons. The Hall–Kier alpha value is -2.73. The Morgan fingerprint density at radius 3 is 2.54 bits per heavy atom. The molecule has 0 aliphatic carbocycles. The van der Waals surface area contributed by atoms with E-state index >= 15 is 0 Å². The van der Waals surface area contributed by atoms with E-state index in [0.29, 0.717) is 5.75 Å². The molecule has 1 unspecified atom stereocenters. The minimum Gasteiger partial charge on any atom is -0.481 e. The topological polar surface area (TPSA) is 56.1 Å². The van der Waals surface area contributed by atoms with Crippen LogP contribution in [0.3, 0.4) is 0 Å². The fourth-order valence-electron chi connectivity index (χ4n) is 2.87. The van der Waals surface area contributed by atoms with Gasteiger partial charge in [0.15, 0.2) is 6.10 Å². The molecule has 3 aromatic rings. The first-order chi connectivity index (χ1) is 12.7. The van der Waals surface area contributed by atoms with E-state index in [1.807, 2.05) is 77.1 Å². The van der Waals surface area contributed by atoms with E-state index in [0.717, 1.165) is 34.3 Å². The first kappa shape index (κ1) is 16.7. The SMILES string of the molecule is CC(Oc1ccccc1)C(=O)Nc1c2c(nn1-c1ccccc1)CSC2. The van der Waals surface area contributed by atoms with Crippen molar-refractivity contribution in [2.24, 2.45) is 0 Å². The fraction of sp³-hybridized carbons (Fsp3) is 0.200. The van der Waals surface area contributed by atoms with Crippen LogP contribution in [0.15, 0.2) is 60.7 Å². The zero-order chi connectivity index (χ0) is 17.9. The Kier molecular flexibility index (Phi) is 4.67. The van der Waals surface area contributed by atoms with E-state index in [1.165, 1.54) is 0 Å². The number of rotatable bonds is 5. The van der Waals surface area contributed by atoms with E-state index in [2.05, 4.69) is 5.32 Å². The number of ether oxygens (including phenoxy) is 1. The summed E-state index contributed by atoms with van der Waals surface area (Å²) in [6.45, 7) is 1.75. The van der Waals surface area contributed by atoms with Crippen LogP contribution in [0, 0.1) is 0 Å². The molecule has 0 spiro atoms. The maximum atomic E-state index is 12.7. The van der Waals surface area contributed by atoms with Crippen molar-refractivity contribution in [1.82, 2.24) is 9.78 Å². The molecule has 1 amide bonds. The van der Waals surface area contributed by atoms with Gasteiger partial charge in [-0.1, -0.05) is 36.4 Å². The van der Waals surface area contributed by atoms with Crippen LogP contribution in [0.4, 0.5) is 5.82 Å². The highest BCUT2D eigenvalue weighted by Gasteiger charge is 2.26. The average Bonchev–Trinajstić information content (AvgIpc) is 3.26. The maximum absolute atomic E-state index is 12.7. The molecule has 0 fully saturated rings. The third kappa shape index (κ3) is 3.32. The van der Waals surface area contributed by atoms with E-state index in [4.69, 9.17) is 9.84 Å². The Bertz CT molecular complexity index is 910. The monoisotopic (exact) mass is 365 g/mol. The lowest BCUT2D eigenvalue weighted by Gasteiger charge is -2.16. The zero-order valence-corrected chi connectivity index (χ0v) is 15.2. The molecule has 6 heteroatoms. The Morgan fingerprint density at radius 2 is 1.81 bits per heavy atom. The molecule has 1 N–H and O–H groups in total. The van der Waals surface area contributed by atoms with Gasteiger partial charge in [0.2, 0.25) is 0 Å². The maximum Gasteiger partial charge on any atom is 0.266 e. The smallest absolute Gasteiger partial charge is 0.266 e. The molecule has 0 saturated heterocycles. The molecule has 2 aromatic carbocycles. The van der Waals surface area contributed by atoms with Gasteiger partial charge >= 0.3 is 0 Å². The van der Waals surface area contributed by atoms with Crippen molar-refractivity contribution in [2.45, 2.75) is 24.5 Å². The molecule has 1 aliphatic rings. The largest absolute Gasteiger partial charge is 0.481 e.